The number of aromatic nitrogens is 2. The Bertz CT molecular complexity index is 585. The van der Waals surface area contributed by atoms with Crippen molar-refractivity contribution >= 4 is 12.0 Å². The van der Waals surface area contributed by atoms with Crippen LogP contribution in [0.5, 0.6) is 5.75 Å². The number of carbonyl (C=O) groups is 1. The van der Waals surface area contributed by atoms with Crippen LogP contribution in [0, 0.1) is 0 Å². The van der Waals surface area contributed by atoms with Crippen molar-refractivity contribution in [3.05, 3.63) is 48.3 Å². The van der Waals surface area contributed by atoms with Crippen LogP contribution in [0.4, 0.5) is 0 Å². The Kier molecular flexibility index (Phi) is 3.97. The zero-order valence-corrected chi connectivity index (χ0v) is 10.7. The maximum Gasteiger partial charge on any atom is 0.330 e. The highest BCUT2D eigenvalue weighted by Crippen LogP contribution is 2.14. The Hall–Kier alpha value is -2.56. The highest BCUT2D eigenvalue weighted by atomic mass is 16.5. The van der Waals surface area contributed by atoms with Crippen molar-refractivity contribution in [3.63, 3.8) is 0 Å². The van der Waals surface area contributed by atoms with Gasteiger partial charge in [0.25, 0.3) is 0 Å². The molecule has 5 nitrogen and oxygen atoms in total. The Labute approximate surface area is 111 Å². The zero-order valence-electron chi connectivity index (χ0n) is 10.7. The third-order valence-electron chi connectivity index (χ3n) is 2.54. The van der Waals surface area contributed by atoms with E-state index in [2.05, 4.69) is 9.84 Å². The van der Waals surface area contributed by atoms with Gasteiger partial charge in [-0.2, -0.15) is 5.10 Å². The van der Waals surface area contributed by atoms with Gasteiger partial charge in [-0.3, -0.25) is 0 Å². The number of ether oxygens (including phenoxy) is 2. The Morgan fingerprint density at radius 1 is 1.21 bits per heavy atom. The maximum atomic E-state index is 11.0. The fraction of sp³-hybridized carbons (Fsp3) is 0.143. The van der Waals surface area contributed by atoms with Gasteiger partial charge >= 0.3 is 5.97 Å². The van der Waals surface area contributed by atoms with E-state index in [1.807, 2.05) is 36.5 Å². The van der Waals surface area contributed by atoms with Crippen LogP contribution in [0.25, 0.3) is 11.8 Å². The number of hydrogen-bond acceptors (Lipinski definition) is 4. The number of nitrogens with zero attached hydrogens (tertiary/aromatic N) is 2. The molecule has 0 spiro atoms. The molecule has 2 aromatic rings. The number of hydrogen-bond donors (Lipinski definition) is 0. The van der Waals surface area contributed by atoms with Crippen molar-refractivity contribution in [2.75, 3.05) is 14.2 Å². The highest BCUT2D eigenvalue weighted by molar-refractivity contribution is 5.86. The van der Waals surface area contributed by atoms with E-state index in [0.29, 0.717) is 5.69 Å². The summed E-state index contributed by atoms with van der Waals surface area (Å²) in [6.45, 7) is 0. The fourth-order valence-corrected chi connectivity index (χ4v) is 1.53. The molecule has 0 atom stereocenters. The number of benzene rings is 1. The molecule has 0 radical (unpaired) electrons. The van der Waals surface area contributed by atoms with Crippen molar-refractivity contribution in [1.29, 1.82) is 0 Å². The minimum Gasteiger partial charge on any atom is -0.497 e. The molecule has 0 amide bonds. The van der Waals surface area contributed by atoms with Gasteiger partial charge in [-0.05, 0) is 36.4 Å². The van der Waals surface area contributed by atoms with Crippen LogP contribution in [0.3, 0.4) is 0 Å². The average Bonchev–Trinajstić information content (AvgIpc) is 2.93. The van der Waals surface area contributed by atoms with Crippen molar-refractivity contribution in [2.45, 2.75) is 0 Å². The van der Waals surface area contributed by atoms with Crippen LogP contribution >= 0.6 is 0 Å². The van der Waals surface area contributed by atoms with Gasteiger partial charge in [0.1, 0.15) is 5.75 Å². The standard InChI is InChI=1S/C14H14N2O3/c1-18-13-6-4-12(5-7-13)16-10-9-11(15-16)3-8-14(17)19-2/h3-10H,1-2H3/b8-3+. The summed E-state index contributed by atoms with van der Waals surface area (Å²) >= 11 is 0. The van der Waals surface area contributed by atoms with Crippen molar-refractivity contribution in [3.8, 4) is 11.4 Å². The molecule has 0 aliphatic heterocycles. The lowest BCUT2D eigenvalue weighted by molar-refractivity contribution is -0.134. The van der Waals surface area contributed by atoms with E-state index in [1.165, 1.54) is 13.2 Å². The largest absolute Gasteiger partial charge is 0.497 e. The summed E-state index contributed by atoms with van der Waals surface area (Å²) in [7, 11) is 2.96. The Balaban J connectivity index is 2.15. The van der Waals surface area contributed by atoms with Crippen LogP contribution in [0.1, 0.15) is 5.69 Å². The third kappa shape index (κ3) is 3.22. The first kappa shape index (κ1) is 12.9. The van der Waals surface area contributed by atoms with E-state index in [9.17, 15) is 4.79 Å². The third-order valence-corrected chi connectivity index (χ3v) is 2.54. The Morgan fingerprint density at radius 3 is 2.58 bits per heavy atom. The summed E-state index contributed by atoms with van der Waals surface area (Å²) in [5, 5.41) is 4.32. The second kappa shape index (κ2) is 5.86. The van der Waals surface area contributed by atoms with Gasteiger partial charge in [0, 0.05) is 12.3 Å². The summed E-state index contributed by atoms with van der Waals surface area (Å²) < 4.78 is 11.3. The molecule has 98 valence electrons. The molecule has 0 fully saturated rings. The molecule has 0 unspecified atom stereocenters. The summed E-state index contributed by atoms with van der Waals surface area (Å²) in [6, 6.07) is 9.34. The SMILES string of the molecule is COC(=O)/C=C/c1ccn(-c2ccc(OC)cc2)n1. The highest BCUT2D eigenvalue weighted by Gasteiger charge is 2.00. The molecule has 5 heteroatoms. The molecular weight excluding hydrogens is 244 g/mol. The van der Waals surface area contributed by atoms with Gasteiger partial charge in [-0.25, -0.2) is 9.48 Å². The first-order chi connectivity index (χ1) is 9.22. The lowest BCUT2D eigenvalue weighted by atomic mass is 10.3. The summed E-state index contributed by atoms with van der Waals surface area (Å²) in [5.74, 6) is 0.390. The first-order valence-electron chi connectivity index (χ1n) is 5.69. The van der Waals surface area contributed by atoms with Gasteiger partial charge in [0.15, 0.2) is 0 Å². The van der Waals surface area contributed by atoms with E-state index in [4.69, 9.17) is 4.74 Å². The van der Waals surface area contributed by atoms with E-state index in [1.54, 1.807) is 17.9 Å². The monoisotopic (exact) mass is 258 g/mol. The summed E-state index contributed by atoms with van der Waals surface area (Å²) in [5.41, 5.74) is 1.60. The summed E-state index contributed by atoms with van der Waals surface area (Å²) in [6.07, 6.45) is 4.76. The molecule has 1 aromatic carbocycles. The predicted molar refractivity (Wildman–Crippen MR) is 71.2 cm³/mol. The molecular formula is C14H14N2O3. The van der Waals surface area contributed by atoms with Crippen LogP contribution in [0.15, 0.2) is 42.6 Å². The molecule has 0 aliphatic rings. The number of carbonyl (C=O) groups excluding carboxylic acids is 1. The van der Waals surface area contributed by atoms with Crippen molar-refractivity contribution < 1.29 is 14.3 Å². The van der Waals surface area contributed by atoms with Gasteiger partial charge < -0.3 is 9.47 Å². The number of esters is 1. The minimum atomic E-state index is -0.404. The molecule has 0 N–H and O–H groups in total. The second-order valence-electron chi connectivity index (χ2n) is 3.74. The van der Waals surface area contributed by atoms with Crippen molar-refractivity contribution in [2.24, 2.45) is 0 Å². The first-order valence-corrected chi connectivity index (χ1v) is 5.69. The lowest BCUT2D eigenvalue weighted by Gasteiger charge is -2.02. The topological polar surface area (TPSA) is 53.4 Å². The average molecular weight is 258 g/mol. The second-order valence-corrected chi connectivity index (χ2v) is 3.74. The van der Waals surface area contributed by atoms with Gasteiger partial charge in [-0.15, -0.1) is 0 Å². The number of rotatable bonds is 4. The number of methoxy groups -OCH3 is 2. The van der Waals surface area contributed by atoms with E-state index >= 15 is 0 Å². The normalized spacial score (nSPS) is 10.6. The quantitative estimate of drug-likeness (QED) is 0.622. The molecule has 19 heavy (non-hydrogen) atoms. The zero-order chi connectivity index (χ0) is 13.7. The van der Waals surface area contributed by atoms with Gasteiger partial charge in [0.05, 0.1) is 25.6 Å². The van der Waals surface area contributed by atoms with Crippen LogP contribution in [-0.2, 0) is 9.53 Å². The van der Waals surface area contributed by atoms with Gasteiger partial charge in [-0.1, -0.05) is 0 Å². The fourth-order valence-electron chi connectivity index (χ4n) is 1.53. The van der Waals surface area contributed by atoms with Crippen molar-refractivity contribution in [1.82, 2.24) is 9.78 Å². The van der Waals surface area contributed by atoms with E-state index in [0.717, 1.165) is 11.4 Å². The molecule has 1 heterocycles. The van der Waals surface area contributed by atoms with Crippen LogP contribution in [0.2, 0.25) is 0 Å². The molecule has 0 saturated carbocycles. The molecule has 0 aliphatic carbocycles. The van der Waals surface area contributed by atoms with E-state index in [-0.39, 0.29) is 0 Å². The predicted octanol–water partition coefficient (Wildman–Crippen LogP) is 2.07. The molecule has 1 aromatic heterocycles. The van der Waals surface area contributed by atoms with Crippen LogP contribution in [-0.4, -0.2) is 30.0 Å². The van der Waals surface area contributed by atoms with E-state index < -0.39 is 5.97 Å². The summed E-state index contributed by atoms with van der Waals surface area (Å²) in [4.78, 5) is 11.0. The maximum absolute atomic E-state index is 11.0. The molecule has 0 saturated heterocycles. The minimum absolute atomic E-state index is 0.404. The molecule has 0 bridgehead atoms. The molecule has 2 rings (SSSR count). The Morgan fingerprint density at radius 2 is 1.95 bits per heavy atom. The van der Waals surface area contributed by atoms with Crippen LogP contribution < -0.4 is 4.74 Å². The smallest absolute Gasteiger partial charge is 0.330 e. The van der Waals surface area contributed by atoms with Gasteiger partial charge in [0.2, 0.25) is 0 Å². The lowest BCUT2D eigenvalue weighted by Crippen LogP contribution is -1.96.